The molecule has 0 aromatic heterocycles. The minimum atomic E-state index is -0.917. The van der Waals surface area contributed by atoms with Crippen molar-refractivity contribution in [2.75, 3.05) is 0 Å². The van der Waals surface area contributed by atoms with Gasteiger partial charge in [0.25, 0.3) is 0 Å². The summed E-state index contributed by atoms with van der Waals surface area (Å²) in [4.78, 5) is 10.4. The molecule has 0 radical (unpaired) electrons. The lowest BCUT2D eigenvalue weighted by atomic mass is 10.1. The number of unbranched alkanes of at least 4 members (excludes halogenated alkanes) is 8. The molecule has 23 heavy (non-hydrogen) atoms. The molecule has 0 saturated heterocycles. The van der Waals surface area contributed by atoms with Gasteiger partial charge in [0.2, 0.25) is 0 Å². The van der Waals surface area contributed by atoms with Crippen LogP contribution in [0.4, 0.5) is 0 Å². The second-order valence-electron chi connectivity index (χ2n) is 6.27. The van der Waals surface area contributed by atoms with Crippen LogP contribution in [0.15, 0.2) is 24.3 Å². The van der Waals surface area contributed by atoms with Crippen molar-refractivity contribution < 1.29 is 15.0 Å². The molecule has 0 aliphatic rings. The Kier molecular flexibility index (Phi) is 16.4. The van der Waals surface area contributed by atoms with E-state index in [9.17, 15) is 9.90 Å². The molecule has 0 unspecified atom stereocenters. The summed E-state index contributed by atoms with van der Waals surface area (Å²) in [6, 6.07) is 0. The fourth-order valence-corrected chi connectivity index (χ4v) is 2.50. The van der Waals surface area contributed by atoms with E-state index in [-0.39, 0.29) is 6.42 Å². The number of carboxylic acids is 1. The minimum Gasteiger partial charge on any atom is -0.481 e. The standard InChI is InChI=1S/C20H36O3/c1-2-3-4-5-6-7-8-9-10-11-12-13-14-15-16-17-19(21)18-20(22)23/h6-7,9-10,19,21H,2-5,8,11-18H2,1H3,(H,22,23)/t19-/m1/s1. The largest absolute Gasteiger partial charge is 0.481 e. The minimum absolute atomic E-state index is 0.127. The van der Waals surface area contributed by atoms with Crippen molar-refractivity contribution in [1.82, 2.24) is 0 Å². The van der Waals surface area contributed by atoms with E-state index < -0.39 is 12.1 Å². The molecule has 3 heteroatoms. The molecule has 0 saturated carbocycles. The topological polar surface area (TPSA) is 57.5 Å². The van der Waals surface area contributed by atoms with Crippen molar-refractivity contribution in [1.29, 1.82) is 0 Å². The zero-order valence-electron chi connectivity index (χ0n) is 14.9. The van der Waals surface area contributed by atoms with Crippen LogP contribution in [0.3, 0.4) is 0 Å². The van der Waals surface area contributed by atoms with Crippen LogP contribution in [0, 0.1) is 0 Å². The van der Waals surface area contributed by atoms with E-state index in [2.05, 4.69) is 31.2 Å². The molecule has 0 aromatic carbocycles. The highest BCUT2D eigenvalue weighted by Gasteiger charge is 2.08. The maximum Gasteiger partial charge on any atom is 0.305 e. The zero-order valence-corrected chi connectivity index (χ0v) is 14.9. The summed E-state index contributed by atoms with van der Waals surface area (Å²) >= 11 is 0. The monoisotopic (exact) mass is 324 g/mol. The van der Waals surface area contributed by atoms with Gasteiger partial charge in [0.1, 0.15) is 0 Å². The number of carbonyl (C=O) groups is 1. The molecule has 0 aromatic rings. The number of carboxylic acid groups (broad SMARTS) is 1. The van der Waals surface area contributed by atoms with Crippen LogP contribution < -0.4 is 0 Å². The predicted octanol–water partition coefficient (Wildman–Crippen LogP) is 5.64. The number of aliphatic hydroxyl groups excluding tert-OH is 1. The lowest BCUT2D eigenvalue weighted by Crippen LogP contribution is -2.12. The molecule has 0 amide bonds. The molecule has 0 bridgehead atoms. The van der Waals surface area contributed by atoms with E-state index in [1.54, 1.807) is 0 Å². The molecule has 134 valence electrons. The number of hydrogen-bond acceptors (Lipinski definition) is 2. The molecule has 0 rings (SSSR count). The van der Waals surface area contributed by atoms with Crippen molar-refractivity contribution in [3.8, 4) is 0 Å². The summed E-state index contributed by atoms with van der Waals surface area (Å²) in [6.45, 7) is 2.23. The van der Waals surface area contributed by atoms with Gasteiger partial charge in [-0.05, 0) is 38.5 Å². The number of hydrogen-bond donors (Lipinski definition) is 2. The van der Waals surface area contributed by atoms with E-state index in [1.807, 2.05) is 0 Å². The Hall–Kier alpha value is -1.09. The number of aliphatic carboxylic acids is 1. The van der Waals surface area contributed by atoms with E-state index >= 15 is 0 Å². The van der Waals surface area contributed by atoms with Crippen molar-refractivity contribution in [3.05, 3.63) is 24.3 Å². The fraction of sp³-hybridized carbons (Fsp3) is 0.750. The fourth-order valence-electron chi connectivity index (χ4n) is 2.50. The van der Waals surface area contributed by atoms with Crippen LogP contribution in [-0.2, 0) is 4.79 Å². The summed E-state index contributed by atoms with van der Waals surface area (Å²) < 4.78 is 0. The third kappa shape index (κ3) is 18.9. The molecule has 2 N–H and O–H groups in total. The lowest BCUT2D eigenvalue weighted by Gasteiger charge is -2.06. The van der Waals surface area contributed by atoms with Crippen molar-refractivity contribution >= 4 is 5.97 Å². The third-order valence-electron chi connectivity index (χ3n) is 3.90. The van der Waals surface area contributed by atoms with Crippen molar-refractivity contribution in [2.45, 2.75) is 96.5 Å². The molecular formula is C20H36O3. The smallest absolute Gasteiger partial charge is 0.305 e. The van der Waals surface area contributed by atoms with Crippen LogP contribution >= 0.6 is 0 Å². The first kappa shape index (κ1) is 21.9. The van der Waals surface area contributed by atoms with Crippen LogP contribution in [0.1, 0.15) is 90.4 Å². The van der Waals surface area contributed by atoms with Crippen molar-refractivity contribution in [3.63, 3.8) is 0 Å². The Morgan fingerprint density at radius 3 is 2.04 bits per heavy atom. The molecule has 3 nitrogen and oxygen atoms in total. The molecular weight excluding hydrogens is 288 g/mol. The average molecular weight is 325 g/mol. The number of rotatable bonds is 16. The van der Waals surface area contributed by atoms with E-state index in [4.69, 9.17) is 5.11 Å². The van der Waals surface area contributed by atoms with Gasteiger partial charge < -0.3 is 10.2 Å². The Morgan fingerprint density at radius 1 is 0.870 bits per heavy atom. The maximum atomic E-state index is 10.4. The summed E-state index contributed by atoms with van der Waals surface area (Å²) in [7, 11) is 0. The van der Waals surface area contributed by atoms with Gasteiger partial charge in [-0.2, -0.15) is 0 Å². The van der Waals surface area contributed by atoms with Crippen LogP contribution in [-0.4, -0.2) is 22.3 Å². The normalized spacial score (nSPS) is 13.1. The highest BCUT2D eigenvalue weighted by atomic mass is 16.4. The molecule has 0 heterocycles. The molecule has 0 aliphatic carbocycles. The molecule has 1 atom stereocenters. The second-order valence-corrected chi connectivity index (χ2v) is 6.27. The van der Waals surface area contributed by atoms with Gasteiger partial charge in [0.15, 0.2) is 0 Å². The third-order valence-corrected chi connectivity index (χ3v) is 3.90. The predicted molar refractivity (Wildman–Crippen MR) is 97.6 cm³/mol. The lowest BCUT2D eigenvalue weighted by molar-refractivity contribution is -0.139. The van der Waals surface area contributed by atoms with Gasteiger partial charge in [-0.1, -0.05) is 69.8 Å². The molecule has 0 spiro atoms. The molecule has 0 aliphatic heterocycles. The summed E-state index contributed by atoms with van der Waals surface area (Å²) in [6.07, 6.45) is 21.8. The average Bonchev–Trinajstić information content (AvgIpc) is 2.50. The van der Waals surface area contributed by atoms with Crippen LogP contribution in [0.5, 0.6) is 0 Å². The van der Waals surface area contributed by atoms with Gasteiger partial charge in [-0.3, -0.25) is 4.79 Å². The highest BCUT2D eigenvalue weighted by molar-refractivity contribution is 5.67. The van der Waals surface area contributed by atoms with Gasteiger partial charge >= 0.3 is 5.97 Å². The van der Waals surface area contributed by atoms with Crippen LogP contribution in [0.25, 0.3) is 0 Å². The van der Waals surface area contributed by atoms with E-state index in [1.165, 1.54) is 44.9 Å². The summed E-state index contributed by atoms with van der Waals surface area (Å²) in [5.41, 5.74) is 0. The van der Waals surface area contributed by atoms with E-state index in [0.29, 0.717) is 6.42 Å². The summed E-state index contributed by atoms with van der Waals surface area (Å²) in [5.74, 6) is -0.917. The first-order chi connectivity index (χ1) is 11.2. The highest BCUT2D eigenvalue weighted by Crippen LogP contribution is 2.10. The van der Waals surface area contributed by atoms with Crippen LogP contribution in [0.2, 0.25) is 0 Å². The summed E-state index contributed by atoms with van der Waals surface area (Å²) in [5, 5.41) is 18.0. The maximum absolute atomic E-state index is 10.4. The second kappa shape index (κ2) is 17.3. The Morgan fingerprint density at radius 2 is 1.43 bits per heavy atom. The zero-order chi connectivity index (χ0) is 17.2. The Balaban J connectivity index is 3.26. The van der Waals surface area contributed by atoms with E-state index in [0.717, 1.165) is 25.7 Å². The SMILES string of the molecule is CCCCCC=CCC=CCCCCCCC[C@@H](O)CC(=O)O. The molecule has 0 fully saturated rings. The first-order valence-electron chi connectivity index (χ1n) is 9.36. The van der Waals surface area contributed by atoms with Crippen molar-refractivity contribution in [2.24, 2.45) is 0 Å². The quantitative estimate of drug-likeness (QED) is 0.285. The Bertz CT molecular complexity index is 321. The van der Waals surface area contributed by atoms with Gasteiger partial charge in [-0.25, -0.2) is 0 Å². The number of aliphatic hydroxyl groups is 1. The van der Waals surface area contributed by atoms with Gasteiger partial charge in [-0.15, -0.1) is 0 Å². The Labute approximate surface area is 142 Å². The first-order valence-corrected chi connectivity index (χ1v) is 9.36. The van der Waals surface area contributed by atoms with Gasteiger partial charge in [0.05, 0.1) is 12.5 Å². The van der Waals surface area contributed by atoms with Gasteiger partial charge in [0, 0.05) is 0 Å². The number of allylic oxidation sites excluding steroid dienone is 4.